The fourth-order valence-corrected chi connectivity index (χ4v) is 2.96. The van der Waals surface area contributed by atoms with Crippen LogP contribution >= 0.6 is 0 Å². The molecule has 0 unspecified atom stereocenters. The molecule has 27 heavy (non-hydrogen) atoms. The zero-order valence-corrected chi connectivity index (χ0v) is 17.4. The Bertz CT molecular complexity index is 1010. The van der Waals surface area contributed by atoms with Gasteiger partial charge in [0, 0.05) is 11.6 Å². The summed E-state index contributed by atoms with van der Waals surface area (Å²) in [5, 5.41) is 4.79. The monoisotopic (exact) mass is 532 g/mol. The van der Waals surface area contributed by atoms with Gasteiger partial charge in [0.25, 0.3) is 0 Å². The van der Waals surface area contributed by atoms with Crippen LogP contribution in [0.25, 0.3) is 17.1 Å². The summed E-state index contributed by atoms with van der Waals surface area (Å²) in [7, 11) is 0. The Labute approximate surface area is 174 Å². The van der Waals surface area contributed by atoms with Gasteiger partial charge in [0.05, 0.1) is 5.69 Å². The van der Waals surface area contributed by atoms with Crippen LogP contribution in [0.3, 0.4) is 0 Å². The second-order valence-electron chi connectivity index (χ2n) is 6.70. The first kappa shape index (κ1) is 19.3. The van der Waals surface area contributed by atoms with Gasteiger partial charge in [-0.05, 0) is 17.8 Å². The summed E-state index contributed by atoms with van der Waals surface area (Å²) in [5.74, 6) is 0.791. The number of rotatable bonds is 4. The SMILES string of the molecule is CC(C)(c1[c-]cccc1)c1ccn(-c2cccc(-c3[c-]cccc3)n2)n1.[Pt+2]. The number of pyridine rings is 1. The Kier molecular flexibility index (Phi) is 5.72. The topological polar surface area (TPSA) is 30.7 Å². The van der Waals surface area contributed by atoms with Crippen molar-refractivity contribution in [2.24, 2.45) is 0 Å². The summed E-state index contributed by atoms with van der Waals surface area (Å²) in [5.41, 5.74) is 3.73. The third kappa shape index (κ3) is 3.94. The van der Waals surface area contributed by atoms with E-state index in [1.807, 2.05) is 77.6 Å². The summed E-state index contributed by atoms with van der Waals surface area (Å²) in [6.45, 7) is 4.32. The number of hydrogen-bond acceptors (Lipinski definition) is 2. The average molecular weight is 533 g/mol. The van der Waals surface area contributed by atoms with Gasteiger partial charge in [-0.1, -0.05) is 26.0 Å². The normalized spacial score (nSPS) is 11.0. The van der Waals surface area contributed by atoms with Crippen molar-refractivity contribution in [2.45, 2.75) is 19.3 Å². The first-order valence-electron chi connectivity index (χ1n) is 8.62. The van der Waals surface area contributed by atoms with Gasteiger partial charge in [0.1, 0.15) is 5.82 Å². The minimum atomic E-state index is -0.225. The van der Waals surface area contributed by atoms with E-state index in [1.54, 1.807) is 0 Å². The molecule has 3 nitrogen and oxygen atoms in total. The molecule has 2 aromatic carbocycles. The van der Waals surface area contributed by atoms with E-state index >= 15 is 0 Å². The van der Waals surface area contributed by atoms with Crippen molar-refractivity contribution >= 4 is 0 Å². The molecule has 0 amide bonds. The number of nitrogens with zero attached hydrogens (tertiary/aromatic N) is 3. The summed E-state index contributed by atoms with van der Waals surface area (Å²) in [4.78, 5) is 4.74. The van der Waals surface area contributed by atoms with E-state index < -0.39 is 0 Å². The fraction of sp³-hybridized carbons (Fsp3) is 0.130. The fourth-order valence-electron chi connectivity index (χ4n) is 2.96. The molecule has 0 aliphatic rings. The van der Waals surface area contributed by atoms with Crippen molar-refractivity contribution in [2.75, 3.05) is 0 Å². The van der Waals surface area contributed by atoms with Crippen molar-refractivity contribution in [1.82, 2.24) is 14.8 Å². The Balaban J connectivity index is 0.00000210. The van der Waals surface area contributed by atoms with E-state index in [1.165, 1.54) is 0 Å². The van der Waals surface area contributed by atoms with Crippen molar-refractivity contribution in [1.29, 1.82) is 0 Å². The van der Waals surface area contributed by atoms with Gasteiger partial charge in [0.2, 0.25) is 0 Å². The van der Waals surface area contributed by atoms with Crippen LogP contribution in [0.2, 0.25) is 0 Å². The maximum atomic E-state index is 4.79. The first-order valence-corrected chi connectivity index (χ1v) is 8.62. The molecule has 0 aliphatic carbocycles. The summed E-state index contributed by atoms with van der Waals surface area (Å²) in [6, 6.07) is 30.4. The maximum Gasteiger partial charge on any atom is 2.00 e. The van der Waals surface area contributed by atoms with Gasteiger partial charge in [0.15, 0.2) is 0 Å². The van der Waals surface area contributed by atoms with Gasteiger partial charge in [-0.2, -0.15) is 41.0 Å². The molecule has 2 aromatic heterocycles. The zero-order valence-electron chi connectivity index (χ0n) is 15.2. The summed E-state index contributed by atoms with van der Waals surface area (Å²) >= 11 is 0. The van der Waals surface area contributed by atoms with Crippen LogP contribution in [0.4, 0.5) is 0 Å². The van der Waals surface area contributed by atoms with E-state index in [-0.39, 0.29) is 26.5 Å². The van der Waals surface area contributed by atoms with Crippen LogP contribution < -0.4 is 0 Å². The quantitative estimate of drug-likeness (QED) is 0.352. The third-order valence-corrected chi connectivity index (χ3v) is 4.57. The smallest absolute Gasteiger partial charge is 0.279 e. The molecule has 4 rings (SSSR count). The number of benzene rings is 2. The van der Waals surface area contributed by atoms with Crippen LogP contribution in [0.15, 0.2) is 79.0 Å². The van der Waals surface area contributed by atoms with E-state index in [4.69, 9.17) is 10.1 Å². The maximum absolute atomic E-state index is 4.79. The molecule has 0 aliphatic heterocycles. The van der Waals surface area contributed by atoms with Gasteiger partial charge < -0.3 is 0 Å². The van der Waals surface area contributed by atoms with Gasteiger partial charge >= 0.3 is 21.1 Å². The van der Waals surface area contributed by atoms with Crippen LogP contribution in [0.1, 0.15) is 25.1 Å². The molecule has 0 spiro atoms. The Morgan fingerprint density at radius 2 is 1.63 bits per heavy atom. The third-order valence-electron chi connectivity index (χ3n) is 4.57. The molecule has 0 atom stereocenters. The van der Waals surface area contributed by atoms with Crippen molar-refractivity contribution in [3.8, 4) is 17.1 Å². The van der Waals surface area contributed by atoms with Gasteiger partial charge in [-0.25, -0.2) is 4.68 Å². The molecule has 0 fully saturated rings. The number of aromatic nitrogens is 3. The summed E-state index contributed by atoms with van der Waals surface area (Å²) < 4.78 is 1.83. The molecule has 0 N–H and O–H groups in total. The van der Waals surface area contributed by atoms with Crippen molar-refractivity contribution < 1.29 is 21.1 Å². The molecular formula is C23H19N3Pt. The van der Waals surface area contributed by atoms with E-state index in [2.05, 4.69) is 32.0 Å². The predicted molar refractivity (Wildman–Crippen MR) is 103 cm³/mol. The molecule has 136 valence electrons. The molecule has 0 saturated carbocycles. The van der Waals surface area contributed by atoms with Gasteiger partial charge in [-0.3, -0.25) is 4.98 Å². The number of hydrogen-bond donors (Lipinski definition) is 0. The van der Waals surface area contributed by atoms with Crippen LogP contribution in [0, 0.1) is 12.1 Å². The predicted octanol–water partition coefficient (Wildman–Crippen LogP) is 4.86. The first-order chi connectivity index (χ1) is 12.6. The minimum Gasteiger partial charge on any atom is -0.279 e. The molecule has 0 saturated heterocycles. The molecule has 2 heterocycles. The summed E-state index contributed by atoms with van der Waals surface area (Å²) in [6.07, 6.45) is 1.96. The second-order valence-corrected chi connectivity index (χ2v) is 6.70. The molecule has 4 aromatic rings. The Morgan fingerprint density at radius 3 is 2.33 bits per heavy atom. The molecular weight excluding hydrogens is 513 g/mol. The van der Waals surface area contributed by atoms with Crippen LogP contribution in [-0.4, -0.2) is 14.8 Å². The van der Waals surface area contributed by atoms with Crippen LogP contribution in [0.5, 0.6) is 0 Å². The van der Waals surface area contributed by atoms with E-state index in [9.17, 15) is 0 Å². The largest absolute Gasteiger partial charge is 2.00 e. The average Bonchev–Trinajstić information content (AvgIpc) is 3.21. The van der Waals surface area contributed by atoms with Crippen LogP contribution in [-0.2, 0) is 26.5 Å². The van der Waals surface area contributed by atoms with Crippen molar-refractivity contribution in [3.63, 3.8) is 0 Å². The Morgan fingerprint density at radius 1 is 0.852 bits per heavy atom. The second kappa shape index (κ2) is 8.02. The molecule has 0 bridgehead atoms. The Hall–Kier alpha value is -2.51. The standard InChI is InChI=1S/C23H19N3.Pt/c1-23(2,19-12-7-4-8-13-19)21-16-17-26(25-21)22-15-9-14-20(24-22)18-10-5-3-6-11-18;/h3-10,12,14-17H,1-2H3;/q-2;+2. The minimum absolute atomic E-state index is 0. The zero-order chi connectivity index (χ0) is 18.0. The van der Waals surface area contributed by atoms with Crippen molar-refractivity contribution in [3.05, 3.63) is 102 Å². The van der Waals surface area contributed by atoms with Gasteiger partial charge in [-0.15, -0.1) is 35.9 Å². The van der Waals surface area contributed by atoms with E-state index in [0.717, 1.165) is 28.3 Å². The molecule has 4 heteroatoms. The molecule has 0 radical (unpaired) electrons. The van der Waals surface area contributed by atoms with E-state index in [0.29, 0.717) is 0 Å².